The SMILES string of the molecule is CCCC(C)(N=[N+]=[N-])Oc1ccc(/C=N/N(C)[PH](=S)C(C)(CCC)Oc2ccc(CCN(CP(=O)(O)O)CP(=O)(O)O)cc2)cc1. The Kier molecular flexibility index (Phi) is 15.4. The van der Waals surface area contributed by atoms with Gasteiger partial charge in [-0.2, -0.15) is 5.10 Å². The molecule has 0 aromatic heterocycles. The van der Waals surface area contributed by atoms with Gasteiger partial charge in [-0.15, -0.1) is 0 Å². The molecule has 0 aliphatic heterocycles. The van der Waals surface area contributed by atoms with Gasteiger partial charge in [-0.1, -0.05) is 50.6 Å². The largest absolute Gasteiger partial charge is 0.481 e. The van der Waals surface area contributed by atoms with E-state index in [0.29, 0.717) is 30.8 Å². The summed E-state index contributed by atoms with van der Waals surface area (Å²) in [7, 11) is -7.17. The molecule has 3 atom stereocenters. The minimum atomic E-state index is -4.50. The van der Waals surface area contributed by atoms with Crippen LogP contribution in [0.1, 0.15) is 64.5 Å². The highest BCUT2D eigenvalue weighted by atomic mass is 32.4. The minimum absolute atomic E-state index is 0.0514. The van der Waals surface area contributed by atoms with Crippen molar-refractivity contribution < 1.29 is 38.2 Å². The molecule has 14 nitrogen and oxygen atoms in total. The van der Waals surface area contributed by atoms with E-state index in [4.69, 9.17) is 26.8 Å². The molecular weight excluding hydrogens is 673 g/mol. The molecule has 0 radical (unpaired) electrons. The summed E-state index contributed by atoms with van der Waals surface area (Å²) in [4.78, 5) is 41.1. The summed E-state index contributed by atoms with van der Waals surface area (Å²) in [6.07, 6.45) is 3.45. The summed E-state index contributed by atoms with van der Waals surface area (Å²) in [5, 5.41) is 7.72. The Balaban J connectivity index is 2.08. The van der Waals surface area contributed by atoms with Gasteiger partial charge in [0.05, 0.1) is 13.1 Å². The molecule has 0 spiro atoms. The Morgan fingerprint density at radius 2 is 1.46 bits per heavy atom. The molecule has 2 aromatic rings. The van der Waals surface area contributed by atoms with E-state index in [1.54, 1.807) is 54.3 Å². The zero-order chi connectivity index (χ0) is 34.6. The number of benzene rings is 2. The summed E-state index contributed by atoms with van der Waals surface area (Å²) in [5.41, 5.74) is 9.57. The van der Waals surface area contributed by atoms with Gasteiger partial charge in [-0.05, 0) is 91.3 Å². The van der Waals surface area contributed by atoms with Crippen LogP contribution in [0.3, 0.4) is 0 Å². The average Bonchev–Trinajstić information content (AvgIpc) is 2.94. The smallest absolute Gasteiger partial charge is 0.339 e. The van der Waals surface area contributed by atoms with Crippen molar-refractivity contribution in [2.75, 3.05) is 26.2 Å². The summed E-state index contributed by atoms with van der Waals surface area (Å²) < 4.78 is 37.0. The highest BCUT2D eigenvalue weighted by molar-refractivity contribution is 8.04. The second-order valence-corrected chi connectivity index (χ2v) is 18.0. The number of ether oxygens (including phenoxy) is 2. The number of hydrogen-bond donors (Lipinski definition) is 4. The van der Waals surface area contributed by atoms with Gasteiger partial charge in [0.2, 0.25) is 0 Å². The molecule has 2 aromatic carbocycles. The predicted octanol–water partition coefficient (Wildman–Crippen LogP) is 6.46. The summed E-state index contributed by atoms with van der Waals surface area (Å²) in [5.74, 6) is 1.18. The molecule has 3 unspecified atom stereocenters. The van der Waals surface area contributed by atoms with Crippen LogP contribution < -0.4 is 9.47 Å². The van der Waals surface area contributed by atoms with Crippen LogP contribution in [-0.2, 0) is 27.4 Å². The quantitative estimate of drug-likeness (QED) is 0.0292. The monoisotopic (exact) mass is 718 g/mol. The van der Waals surface area contributed by atoms with Crippen molar-refractivity contribution >= 4 is 40.1 Å². The Morgan fingerprint density at radius 1 is 0.935 bits per heavy atom. The summed E-state index contributed by atoms with van der Waals surface area (Å²) in [6, 6.07) is 14.5. The molecule has 0 bridgehead atoms. The minimum Gasteiger partial charge on any atom is -0.481 e. The lowest BCUT2D eigenvalue weighted by atomic mass is 10.1. The van der Waals surface area contributed by atoms with Gasteiger partial charge in [-0.3, -0.25) is 18.8 Å². The number of hydrazone groups is 1. The lowest BCUT2D eigenvalue weighted by Crippen LogP contribution is -2.31. The lowest BCUT2D eigenvalue weighted by Gasteiger charge is -2.35. The van der Waals surface area contributed by atoms with Gasteiger partial charge in [0.25, 0.3) is 0 Å². The number of azide groups is 1. The number of hydrogen-bond acceptors (Lipinski definition) is 8. The predicted molar refractivity (Wildman–Crippen MR) is 185 cm³/mol. The van der Waals surface area contributed by atoms with E-state index in [1.165, 1.54) is 0 Å². The Hall–Kier alpha value is -2.27. The van der Waals surface area contributed by atoms with Crippen molar-refractivity contribution in [1.29, 1.82) is 0 Å². The third-order valence-corrected chi connectivity index (χ3v) is 12.4. The van der Waals surface area contributed by atoms with Gasteiger partial charge >= 0.3 is 15.2 Å². The van der Waals surface area contributed by atoms with E-state index in [0.717, 1.165) is 28.9 Å². The van der Waals surface area contributed by atoms with Crippen molar-refractivity contribution in [1.82, 2.24) is 9.68 Å². The molecule has 0 aliphatic carbocycles. The van der Waals surface area contributed by atoms with Crippen molar-refractivity contribution in [2.45, 2.75) is 70.9 Å². The highest BCUT2D eigenvalue weighted by Gasteiger charge is 2.32. The van der Waals surface area contributed by atoms with Crippen molar-refractivity contribution in [2.24, 2.45) is 10.2 Å². The molecule has 2 rings (SSSR count). The van der Waals surface area contributed by atoms with E-state index in [2.05, 4.69) is 22.1 Å². The highest BCUT2D eigenvalue weighted by Crippen LogP contribution is 2.46. The average molecular weight is 719 g/mol. The maximum atomic E-state index is 11.4. The molecular formula is C28H45N6O8P3S. The third kappa shape index (κ3) is 14.2. The van der Waals surface area contributed by atoms with Gasteiger partial charge in [0.15, 0.2) is 5.72 Å². The Labute approximate surface area is 276 Å². The molecule has 0 saturated heterocycles. The second-order valence-electron chi connectivity index (χ2n) is 11.3. The van der Waals surface area contributed by atoms with Gasteiger partial charge < -0.3 is 29.0 Å². The normalized spacial score (nSPS) is 15.5. The molecule has 0 heterocycles. The zero-order valence-electron chi connectivity index (χ0n) is 26.8. The second kappa shape index (κ2) is 17.8. The van der Waals surface area contributed by atoms with E-state index in [-0.39, 0.29) is 6.54 Å². The van der Waals surface area contributed by atoms with Crippen LogP contribution in [0.4, 0.5) is 0 Å². The van der Waals surface area contributed by atoms with Crippen molar-refractivity contribution in [3.05, 3.63) is 70.1 Å². The summed E-state index contributed by atoms with van der Waals surface area (Å²) in [6.45, 7) is 6.05. The first-order valence-corrected chi connectivity index (χ1v) is 20.9. The molecule has 256 valence electrons. The molecule has 0 saturated carbocycles. The van der Waals surface area contributed by atoms with Gasteiger partial charge in [0.1, 0.15) is 29.4 Å². The maximum Gasteiger partial charge on any atom is 0.339 e. The molecule has 0 fully saturated rings. The lowest BCUT2D eigenvalue weighted by molar-refractivity contribution is 0.0857. The first kappa shape index (κ1) is 39.9. The summed E-state index contributed by atoms with van der Waals surface area (Å²) >= 11 is 5.98. The zero-order valence-corrected chi connectivity index (χ0v) is 30.4. The number of rotatable bonds is 20. The third-order valence-electron chi connectivity index (χ3n) is 6.79. The number of nitrogens with zero attached hydrogens (tertiary/aromatic N) is 6. The van der Waals surface area contributed by atoms with Crippen LogP contribution in [-0.4, -0.2) is 72.7 Å². The van der Waals surface area contributed by atoms with E-state index >= 15 is 0 Å². The van der Waals surface area contributed by atoms with Crippen molar-refractivity contribution in [3.63, 3.8) is 0 Å². The van der Waals surface area contributed by atoms with Gasteiger partial charge in [-0.25, -0.2) is 0 Å². The van der Waals surface area contributed by atoms with Crippen LogP contribution in [0.2, 0.25) is 0 Å². The molecule has 0 amide bonds. The maximum absolute atomic E-state index is 11.4. The topological polar surface area (TPSA) is 201 Å². The fourth-order valence-corrected chi connectivity index (χ4v) is 8.53. The molecule has 46 heavy (non-hydrogen) atoms. The van der Waals surface area contributed by atoms with Crippen molar-refractivity contribution in [3.8, 4) is 11.5 Å². The van der Waals surface area contributed by atoms with Crippen LogP contribution in [0.15, 0.2) is 58.7 Å². The molecule has 0 aliphatic rings. The van der Waals surface area contributed by atoms with Crippen LogP contribution in [0, 0.1) is 0 Å². The standard InChI is InChI=1S/C28H45N6O8P3S/c1-6-17-27(3,31-32-29)41-25-14-10-24(11-15-25)20-30-33(5)43(46)28(4,18-7-2)42-26-12-8-23(9-13-26)16-19-34(21-44(35,36)37)22-45(38,39)40/h8-15,20,43H,6-7,16-19,21-22H2,1-5H3,(H2,35,36,37)(H2,38,39,40)/b30-20+. The van der Waals surface area contributed by atoms with Crippen LogP contribution in [0.25, 0.3) is 10.4 Å². The Bertz CT molecular complexity index is 1440. The van der Waals surface area contributed by atoms with Crippen LogP contribution >= 0.6 is 22.0 Å². The first-order chi connectivity index (χ1) is 21.4. The van der Waals surface area contributed by atoms with Crippen LogP contribution in [0.5, 0.6) is 11.5 Å². The fraction of sp³-hybridized carbons (Fsp3) is 0.536. The molecule has 4 N–H and O–H groups in total. The first-order valence-electron chi connectivity index (χ1n) is 14.7. The fourth-order valence-electron chi connectivity index (χ4n) is 4.76. The van der Waals surface area contributed by atoms with Gasteiger partial charge in [0, 0.05) is 18.5 Å². The van der Waals surface area contributed by atoms with E-state index < -0.39 is 45.7 Å². The van der Waals surface area contributed by atoms with E-state index in [9.17, 15) is 28.7 Å². The Morgan fingerprint density at radius 3 is 1.96 bits per heavy atom. The molecule has 18 heteroatoms. The van der Waals surface area contributed by atoms with E-state index in [1.807, 2.05) is 33.0 Å².